The number of aryl methyl sites for hydroxylation is 1. The fourth-order valence-corrected chi connectivity index (χ4v) is 2.46. The minimum absolute atomic E-state index is 0.438. The van der Waals surface area contributed by atoms with Gasteiger partial charge in [0.1, 0.15) is 0 Å². The largest absolute Gasteiger partial charge is 0.309 e. The van der Waals surface area contributed by atoms with Crippen LogP contribution in [-0.4, -0.2) is 16.3 Å². The molecule has 0 saturated carbocycles. The van der Waals surface area contributed by atoms with E-state index in [-0.39, 0.29) is 0 Å². The minimum atomic E-state index is 0.438. The van der Waals surface area contributed by atoms with Gasteiger partial charge in [0, 0.05) is 42.8 Å². The Kier molecular flexibility index (Phi) is 3.74. The molecule has 4 heteroatoms. The molecule has 2 heterocycles. The molecule has 0 aliphatic rings. The molecule has 2 aromatic rings. The molecular formula is C12H17N3S. The zero-order chi connectivity index (χ0) is 11.4. The van der Waals surface area contributed by atoms with Crippen molar-refractivity contribution in [2.24, 2.45) is 7.05 Å². The molecule has 16 heavy (non-hydrogen) atoms. The maximum absolute atomic E-state index is 4.16. The average molecular weight is 235 g/mol. The van der Waals surface area contributed by atoms with Crippen LogP contribution in [0.4, 0.5) is 0 Å². The summed E-state index contributed by atoms with van der Waals surface area (Å²) in [5.41, 5.74) is 1.27. The van der Waals surface area contributed by atoms with Gasteiger partial charge >= 0.3 is 0 Å². The van der Waals surface area contributed by atoms with E-state index in [0.29, 0.717) is 6.04 Å². The van der Waals surface area contributed by atoms with Crippen LogP contribution in [0.3, 0.4) is 0 Å². The molecule has 0 unspecified atom stereocenters. The quantitative estimate of drug-likeness (QED) is 0.862. The number of thiophene rings is 1. The van der Waals surface area contributed by atoms with Crippen LogP contribution >= 0.6 is 11.3 Å². The highest BCUT2D eigenvalue weighted by molar-refractivity contribution is 7.10. The van der Waals surface area contributed by atoms with Crippen LogP contribution in [0.25, 0.3) is 0 Å². The van der Waals surface area contributed by atoms with Crippen LogP contribution < -0.4 is 5.32 Å². The fraction of sp³-hybridized carbons (Fsp3) is 0.417. The van der Waals surface area contributed by atoms with Gasteiger partial charge in [-0.1, -0.05) is 6.07 Å². The van der Waals surface area contributed by atoms with E-state index in [1.807, 2.05) is 17.9 Å². The second kappa shape index (κ2) is 5.27. The lowest BCUT2D eigenvalue weighted by Gasteiger charge is -2.11. The van der Waals surface area contributed by atoms with Crippen LogP contribution in [0.2, 0.25) is 0 Å². The van der Waals surface area contributed by atoms with Crippen LogP contribution in [0.15, 0.2) is 29.8 Å². The lowest BCUT2D eigenvalue weighted by atomic mass is 10.2. The van der Waals surface area contributed by atoms with Crippen molar-refractivity contribution in [2.45, 2.75) is 19.4 Å². The molecule has 0 fully saturated rings. The third-order valence-corrected chi connectivity index (χ3v) is 3.78. The van der Waals surface area contributed by atoms with Gasteiger partial charge in [-0.25, -0.2) is 0 Å². The summed E-state index contributed by atoms with van der Waals surface area (Å²) in [7, 11) is 1.98. The van der Waals surface area contributed by atoms with E-state index < -0.39 is 0 Å². The van der Waals surface area contributed by atoms with E-state index in [1.54, 1.807) is 11.3 Å². The Morgan fingerprint density at radius 2 is 2.38 bits per heavy atom. The van der Waals surface area contributed by atoms with Crippen LogP contribution in [0.1, 0.15) is 23.5 Å². The second-order valence-corrected chi connectivity index (χ2v) is 4.87. The molecule has 0 aromatic carbocycles. The number of rotatable bonds is 5. The molecule has 86 valence electrons. The van der Waals surface area contributed by atoms with E-state index in [4.69, 9.17) is 0 Å². The molecule has 0 saturated heterocycles. The van der Waals surface area contributed by atoms with E-state index in [2.05, 4.69) is 40.9 Å². The smallest absolute Gasteiger partial charge is 0.0492 e. The topological polar surface area (TPSA) is 29.9 Å². The van der Waals surface area contributed by atoms with E-state index in [0.717, 1.165) is 13.0 Å². The van der Waals surface area contributed by atoms with Crippen molar-refractivity contribution in [1.82, 2.24) is 15.1 Å². The van der Waals surface area contributed by atoms with Crippen molar-refractivity contribution in [1.29, 1.82) is 0 Å². The highest BCUT2D eigenvalue weighted by Gasteiger charge is 2.05. The van der Waals surface area contributed by atoms with Crippen molar-refractivity contribution in [3.63, 3.8) is 0 Å². The first kappa shape index (κ1) is 11.4. The maximum atomic E-state index is 4.16. The van der Waals surface area contributed by atoms with Gasteiger partial charge in [0.25, 0.3) is 0 Å². The first-order chi connectivity index (χ1) is 7.77. The predicted molar refractivity (Wildman–Crippen MR) is 67.6 cm³/mol. The monoisotopic (exact) mass is 235 g/mol. The van der Waals surface area contributed by atoms with Crippen molar-refractivity contribution < 1.29 is 0 Å². The number of nitrogens with zero attached hydrogens (tertiary/aromatic N) is 2. The lowest BCUT2D eigenvalue weighted by Crippen LogP contribution is -2.21. The van der Waals surface area contributed by atoms with Gasteiger partial charge in [0.15, 0.2) is 0 Å². The van der Waals surface area contributed by atoms with Gasteiger partial charge in [-0.3, -0.25) is 4.68 Å². The second-order valence-electron chi connectivity index (χ2n) is 3.89. The molecule has 0 aliphatic carbocycles. The summed E-state index contributed by atoms with van der Waals surface area (Å²) < 4.78 is 1.93. The first-order valence-corrected chi connectivity index (χ1v) is 6.39. The Labute approximate surface area is 100 Å². The summed E-state index contributed by atoms with van der Waals surface area (Å²) in [6.07, 6.45) is 2.87. The van der Waals surface area contributed by atoms with Crippen molar-refractivity contribution in [3.05, 3.63) is 40.3 Å². The Balaban J connectivity index is 1.78. The molecule has 2 aromatic heterocycles. The lowest BCUT2D eigenvalue weighted by molar-refractivity contribution is 0.570. The van der Waals surface area contributed by atoms with Crippen LogP contribution in [-0.2, 0) is 13.5 Å². The summed E-state index contributed by atoms with van der Waals surface area (Å²) in [5.74, 6) is 0. The van der Waals surface area contributed by atoms with Crippen molar-refractivity contribution in [3.8, 4) is 0 Å². The number of hydrogen-bond donors (Lipinski definition) is 1. The highest BCUT2D eigenvalue weighted by Crippen LogP contribution is 2.17. The SMILES string of the molecule is C[C@@H](NCCc1ccnn1C)c1cccs1. The number of hydrogen-bond acceptors (Lipinski definition) is 3. The van der Waals surface area contributed by atoms with Crippen LogP contribution in [0, 0.1) is 0 Å². The highest BCUT2D eigenvalue weighted by atomic mass is 32.1. The Morgan fingerprint density at radius 1 is 1.50 bits per heavy atom. The van der Waals surface area contributed by atoms with Crippen LogP contribution in [0.5, 0.6) is 0 Å². The van der Waals surface area contributed by atoms with Gasteiger partial charge in [0.05, 0.1) is 0 Å². The summed E-state index contributed by atoms with van der Waals surface area (Å²) in [5, 5.41) is 9.79. The molecule has 3 nitrogen and oxygen atoms in total. The van der Waals surface area contributed by atoms with E-state index >= 15 is 0 Å². The number of aromatic nitrogens is 2. The number of nitrogens with one attached hydrogen (secondary N) is 1. The maximum Gasteiger partial charge on any atom is 0.0492 e. The molecule has 0 bridgehead atoms. The van der Waals surface area contributed by atoms with Gasteiger partial charge in [-0.05, 0) is 24.4 Å². The molecule has 1 atom stereocenters. The molecule has 0 amide bonds. The average Bonchev–Trinajstić information content (AvgIpc) is 2.90. The van der Waals surface area contributed by atoms with Gasteiger partial charge in [-0.15, -0.1) is 11.3 Å². The molecule has 2 rings (SSSR count). The van der Waals surface area contributed by atoms with E-state index in [9.17, 15) is 0 Å². The Hall–Kier alpha value is -1.13. The molecule has 0 radical (unpaired) electrons. The normalized spacial score (nSPS) is 12.9. The summed E-state index contributed by atoms with van der Waals surface area (Å²) in [6.45, 7) is 3.19. The van der Waals surface area contributed by atoms with Gasteiger partial charge in [0.2, 0.25) is 0 Å². The predicted octanol–water partition coefficient (Wildman–Crippen LogP) is 2.37. The summed E-state index contributed by atoms with van der Waals surface area (Å²) >= 11 is 1.80. The summed E-state index contributed by atoms with van der Waals surface area (Å²) in [4.78, 5) is 1.39. The Bertz CT molecular complexity index is 419. The molecule has 1 N–H and O–H groups in total. The molecular weight excluding hydrogens is 218 g/mol. The van der Waals surface area contributed by atoms with Gasteiger partial charge in [-0.2, -0.15) is 5.10 Å². The Morgan fingerprint density at radius 3 is 3.00 bits per heavy atom. The van der Waals surface area contributed by atoms with E-state index in [1.165, 1.54) is 10.6 Å². The standard InChI is InChI=1S/C12H17N3S/c1-10(12-4-3-9-16-12)13-7-5-11-6-8-14-15(11)2/h3-4,6,8-10,13H,5,7H2,1-2H3/t10-/m1/s1. The minimum Gasteiger partial charge on any atom is -0.309 e. The molecule has 0 spiro atoms. The fourth-order valence-electron chi connectivity index (χ4n) is 1.70. The first-order valence-electron chi connectivity index (χ1n) is 5.51. The van der Waals surface area contributed by atoms with Crippen molar-refractivity contribution >= 4 is 11.3 Å². The molecule has 0 aliphatic heterocycles. The summed E-state index contributed by atoms with van der Waals surface area (Å²) in [6, 6.07) is 6.77. The zero-order valence-electron chi connectivity index (χ0n) is 9.68. The van der Waals surface area contributed by atoms with Crippen molar-refractivity contribution in [2.75, 3.05) is 6.54 Å². The third kappa shape index (κ3) is 2.71. The zero-order valence-corrected chi connectivity index (χ0v) is 10.5. The van der Waals surface area contributed by atoms with Gasteiger partial charge < -0.3 is 5.32 Å². The third-order valence-electron chi connectivity index (χ3n) is 2.72.